The van der Waals surface area contributed by atoms with Crippen LogP contribution in [0.3, 0.4) is 0 Å². The lowest BCUT2D eigenvalue weighted by Crippen LogP contribution is -2.07. The van der Waals surface area contributed by atoms with Crippen LogP contribution in [0.4, 0.5) is 14.5 Å². The van der Waals surface area contributed by atoms with E-state index in [4.69, 9.17) is 10.7 Å². The minimum atomic E-state index is -4.20. The molecule has 0 saturated carbocycles. The molecule has 0 atom stereocenters. The Morgan fingerprint density at radius 2 is 2.00 bits per heavy atom. The Morgan fingerprint density at radius 3 is 2.39 bits per heavy atom. The van der Waals surface area contributed by atoms with Crippen molar-refractivity contribution in [3.05, 3.63) is 27.8 Å². The van der Waals surface area contributed by atoms with Crippen LogP contribution in [-0.2, 0) is 9.05 Å². The summed E-state index contributed by atoms with van der Waals surface area (Å²) in [6.45, 7) is -2.14. The highest BCUT2D eigenvalue weighted by Gasteiger charge is 2.25. The number of aryl methyl sites for hydroxylation is 1. The zero-order valence-corrected chi connectivity index (χ0v) is 10.3. The van der Waals surface area contributed by atoms with Crippen LogP contribution in [0.25, 0.3) is 0 Å². The number of hydrogen-bond donors (Lipinski definition) is 0. The molecular formula is C8H6ClF2NO5S. The number of ether oxygens (including phenoxy) is 1. The first-order chi connectivity index (χ1) is 8.12. The number of benzene rings is 1. The van der Waals surface area contributed by atoms with E-state index >= 15 is 0 Å². The van der Waals surface area contributed by atoms with Gasteiger partial charge in [0.15, 0.2) is 0 Å². The molecule has 0 aliphatic rings. The van der Waals surface area contributed by atoms with E-state index < -0.39 is 36.9 Å². The smallest absolute Gasteiger partial charge is 0.387 e. The summed E-state index contributed by atoms with van der Waals surface area (Å²) < 4.78 is 50.2. The summed E-state index contributed by atoms with van der Waals surface area (Å²) in [5, 5.41) is 10.7. The second-order valence-corrected chi connectivity index (χ2v) is 5.73. The van der Waals surface area contributed by atoms with Gasteiger partial charge >= 0.3 is 12.3 Å². The van der Waals surface area contributed by atoms with Crippen molar-refractivity contribution in [1.29, 1.82) is 0 Å². The second kappa shape index (κ2) is 5.02. The fourth-order valence-corrected chi connectivity index (χ4v) is 2.11. The molecule has 1 rings (SSSR count). The summed E-state index contributed by atoms with van der Waals surface area (Å²) in [5.74, 6) is -0.853. The van der Waals surface area contributed by atoms with Crippen LogP contribution in [0, 0.1) is 17.0 Å². The minimum Gasteiger partial charge on any atom is -0.427 e. The summed E-state index contributed by atoms with van der Waals surface area (Å²) >= 11 is 0. The van der Waals surface area contributed by atoms with Gasteiger partial charge < -0.3 is 4.74 Å². The van der Waals surface area contributed by atoms with E-state index in [1.165, 1.54) is 6.92 Å². The molecule has 0 aliphatic carbocycles. The predicted octanol–water partition coefficient (Wildman–Crippen LogP) is 2.43. The van der Waals surface area contributed by atoms with Crippen LogP contribution in [0.2, 0.25) is 0 Å². The highest BCUT2D eigenvalue weighted by Crippen LogP contribution is 2.35. The molecule has 6 nitrogen and oxygen atoms in total. The first-order valence-corrected chi connectivity index (χ1v) is 6.62. The van der Waals surface area contributed by atoms with Crippen LogP contribution in [0.1, 0.15) is 5.56 Å². The number of nitro benzene ring substituents is 1. The Labute approximate surface area is 105 Å². The Morgan fingerprint density at radius 1 is 1.44 bits per heavy atom. The molecule has 0 heterocycles. The molecule has 100 valence electrons. The molecule has 0 unspecified atom stereocenters. The van der Waals surface area contributed by atoms with E-state index in [9.17, 15) is 27.3 Å². The minimum absolute atomic E-state index is 0.155. The molecule has 0 N–H and O–H groups in total. The number of nitrogens with zero attached hydrogens (tertiary/aromatic N) is 1. The summed E-state index contributed by atoms with van der Waals surface area (Å²) in [7, 11) is 0.829. The molecule has 0 amide bonds. The third-order valence-corrected chi connectivity index (χ3v) is 3.25. The van der Waals surface area contributed by atoms with Gasteiger partial charge in [0.25, 0.3) is 9.05 Å². The molecule has 0 fully saturated rings. The number of nitro groups is 1. The van der Waals surface area contributed by atoms with Gasteiger partial charge in [0.05, 0.1) is 9.82 Å². The number of halogens is 3. The molecular weight excluding hydrogens is 296 g/mol. The summed E-state index contributed by atoms with van der Waals surface area (Å²) in [6, 6.07) is 1.48. The van der Waals surface area contributed by atoms with Gasteiger partial charge in [-0.2, -0.15) is 8.78 Å². The van der Waals surface area contributed by atoms with Gasteiger partial charge in [-0.3, -0.25) is 10.1 Å². The fraction of sp³-hybridized carbons (Fsp3) is 0.250. The normalized spacial score (nSPS) is 11.6. The molecule has 1 aromatic rings. The number of alkyl halides is 2. The molecule has 1 aromatic carbocycles. The highest BCUT2D eigenvalue weighted by molar-refractivity contribution is 8.13. The predicted molar refractivity (Wildman–Crippen MR) is 57.5 cm³/mol. The van der Waals surface area contributed by atoms with E-state index in [0.717, 1.165) is 6.07 Å². The quantitative estimate of drug-likeness (QED) is 0.484. The first-order valence-electron chi connectivity index (χ1n) is 4.31. The van der Waals surface area contributed by atoms with Crippen molar-refractivity contribution in [2.24, 2.45) is 0 Å². The molecule has 0 spiro atoms. The average Bonchev–Trinajstić information content (AvgIpc) is 2.13. The van der Waals surface area contributed by atoms with Crippen LogP contribution in [0.5, 0.6) is 5.75 Å². The summed E-state index contributed by atoms with van der Waals surface area (Å²) in [5.41, 5.74) is -0.892. The van der Waals surface area contributed by atoms with Crippen molar-refractivity contribution >= 4 is 25.4 Å². The standard InChI is InChI=1S/C8H6ClF2NO5S/c1-4-2-5(18(9,15)16)3-6(17-8(10)11)7(4)12(13)14/h2-3,8H,1H3. The maximum absolute atomic E-state index is 12.1. The lowest BCUT2D eigenvalue weighted by Gasteiger charge is -2.08. The van der Waals surface area contributed by atoms with Crippen LogP contribution >= 0.6 is 10.7 Å². The third-order valence-electron chi connectivity index (χ3n) is 1.92. The van der Waals surface area contributed by atoms with Crippen LogP contribution in [0.15, 0.2) is 17.0 Å². The van der Waals surface area contributed by atoms with Gasteiger partial charge in [0.1, 0.15) is 0 Å². The van der Waals surface area contributed by atoms with Gasteiger partial charge in [0, 0.05) is 22.3 Å². The molecule has 0 saturated heterocycles. The van der Waals surface area contributed by atoms with Gasteiger partial charge in [-0.25, -0.2) is 8.42 Å². The zero-order chi connectivity index (χ0) is 14.1. The molecule has 10 heteroatoms. The lowest BCUT2D eigenvalue weighted by atomic mass is 10.2. The SMILES string of the molecule is Cc1cc(S(=O)(=O)Cl)cc(OC(F)F)c1[N+](=O)[O-]. The Balaban J connectivity index is 3.52. The Hall–Kier alpha value is -1.48. The highest BCUT2D eigenvalue weighted by atomic mass is 35.7. The first kappa shape index (κ1) is 14.6. The number of hydrogen-bond acceptors (Lipinski definition) is 5. The van der Waals surface area contributed by atoms with Gasteiger partial charge in [-0.15, -0.1) is 0 Å². The Kier molecular flexibility index (Phi) is 4.07. The van der Waals surface area contributed by atoms with E-state index in [2.05, 4.69) is 4.74 Å². The number of rotatable bonds is 4. The summed E-state index contributed by atoms with van der Waals surface area (Å²) in [6.07, 6.45) is 0. The Bertz CT molecular complexity index is 589. The lowest BCUT2D eigenvalue weighted by molar-refractivity contribution is -0.387. The van der Waals surface area contributed by atoms with Crippen molar-refractivity contribution in [2.45, 2.75) is 18.4 Å². The van der Waals surface area contributed by atoms with Crippen molar-refractivity contribution < 1.29 is 26.9 Å². The molecule has 0 radical (unpaired) electrons. The van der Waals surface area contributed by atoms with Crippen molar-refractivity contribution in [1.82, 2.24) is 0 Å². The van der Waals surface area contributed by atoms with Crippen LogP contribution < -0.4 is 4.74 Å². The largest absolute Gasteiger partial charge is 0.427 e. The third kappa shape index (κ3) is 3.26. The maximum atomic E-state index is 12.1. The van der Waals surface area contributed by atoms with E-state index in [1.54, 1.807) is 0 Å². The van der Waals surface area contributed by atoms with E-state index in [1.807, 2.05) is 0 Å². The maximum Gasteiger partial charge on any atom is 0.387 e. The monoisotopic (exact) mass is 301 g/mol. The van der Waals surface area contributed by atoms with E-state index in [-0.39, 0.29) is 5.56 Å². The average molecular weight is 302 g/mol. The summed E-state index contributed by atoms with van der Waals surface area (Å²) in [4.78, 5) is 9.18. The van der Waals surface area contributed by atoms with Crippen molar-refractivity contribution in [2.75, 3.05) is 0 Å². The zero-order valence-electron chi connectivity index (χ0n) is 8.76. The van der Waals surface area contributed by atoms with Gasteiger partial charge in [0.2, 0.25) is 5.75 Å². The molecule has 0 aliphatic heterocycles. The van der Waals surface area contributed by atoms with Gasteiger partial charge in [-0.05, 0) is 13.0 Å². The molecule has 0 bridgehead atoms. The van der Waals surface area contributed by atoms with Crippen LogP contribution in [-0.4, -0.2) is 20.0 Å². The molecule has 0 aromatic heterocycles. The fourth-order valence-electron chi connectivity index (χ4n) is 1.28. The van der Waals surface area contributed by atoms with Crippen molar-refractivity contribution in [3.63, 3.8) is 0 Å². The second-order valence-electron chi connectivity index (χ2n) is 3.16. The molecule has 18 heavy (non-hydrogen) atoms. The van der Waals surface area contributed by atoms with E-state index in [0.29, 0.717) is 6.07 Å². The topological polar surface area (TPSA) is 86.5 Å². The van der Waals surface area contributed by atoms with Crippen molar-refractivity contribution in [3.8, 4) is 5.75 Å². The van der Waals surface area contributed by atoms with Gasteiger partial charge in [-0.1, -0.05) is 0 Å².